The summed E-state index contributed by atoms with van der Waals surface area (Å²) in [6, 6.07) is 23.4. The van der Waals surface area contributed by atoms with Gasteiger partial charge in [-0.3, -0.25) is 0 Å². The second-order valence-electron chi connectivity index (χ2n) is 8.83. The average molecular weight is 681 g/mol. The monoisotopic (exact) mass is 680 g/mol. The molecule has 0 spiro atoms. The fourth-order valence-electron chi connectivity index (χ4n) is 3.30. The average Bonchev–Trinajstić information content (AvgIpc) is 3.02. The first-order valence-electron chi connectivity index (χ1n) is 13.4. The molecule has 6 N–H and O–H groups in total. The van der Waals surface area contributed by atoms with E-state index in [1.165, 1.54) is 0 Å². The van der Waals surface area contributed by atoms with E-state index in [0.29, 0.717) is 17.9 Å². The van der Waals surface area contributed by atoms with Crippen molar-refractivity contribution in [2.75, 3.05) is 33.0 Å². The van der Waals surface area contributed by atoms with E-state index >= 15 is 0 Å². The number of carbonyl (C=O) groups excluding carboxylic acids is 1. The molecule has 0 heterocycles. The van der Waals surface area contributed by atoms with Crippen LogP contribution in [0.1, 0.15) is 11.3 Å². The number of benzene rings is 3. The molecule has 17 heteroatoms. The van der Waals surface area contributed by atoms with Crippen molar-refractivity contribution in [1.29, 1.82) is 0 Å². The van der Waals surface area contributed by atoms with Crippen molar-refractivity contribution in [2.45, 2.75) is 12.0 Å². The number of carbonyl (C=O) groups is 2. The van der Waals surface area contributed by atoms with E-state index in [1.54, 1.807) is 84.9 Å². The molecule has 0 aromatic heterocycles. The Labute approximate surface area is 268 Å². The zero-order chi connectivity index (χ0) is 34.7. The molecule has 0 saturated heterocycles. The van der Waals surface area contributed by atoms with E-state index in [4.69, 9.17) is 51.0 Å². The topological polar surface area (TPSA) is 194 Å². The second kappa shape index (κ2) is 19.3. The Morgan fingerprint density at radius 3 is 1.83 bits per heavy atom. The molecule has 1 unspecified atom stereocenters. The minimum Gasteiger partial charge on any atom is -0.475 e. The lowest BCUT2D eigenvalue weighted by atomic mass is 10.2. The van der Waals surface area contributed by atoms with Gasteiger partial charge in [-0.1, -0.05) is 54.5 Å². The lowest BCUT2D eigenvalue weighted by Gasteiger charge is -2.28. The third-order valence-corrected chi connectivity index (χ3v) is 7.24. The number of aliphatic carboxylic acids is 1. The number of carboxylic acid groups (broad SMARTS) is 1. The highest BCUT2D eigenvalue weighted by Crippen LogP contribution is 2.59. The molecular weight excluding hydrogens is 648 g/mol. The van der Waals surface area contributed by atoms with Crippen LogP contribution in [0.15, 0.2) is 89.9 Å². The molecule has 0 aliphatic rings. The molecule has 252 valence electrons. The normalized spacial score (nSPS) is 11.4. The molecule has 47 heavy (non-hydrogen) atoms. The smallest absolute Gasteiger partial charge is 0.475 e. The summed E-state index contributed by atoms with van der Waals surface area (Å²) in [4.78, 5) is 25.7. The summed E-state index contributed by atoms with van der Waals surface area (Å²) in [5.74, 6) is -1.26. The van der Waals surface area contributed by atoms with Gasteiger partial charge < -0.3 is 45.1 Å². The summed E-state index contributed by atoms with van der Waals surface area (Å²) in [5.41, 5.74) is 11.8. The molecule has 0 aliphatic carbocycles. The maximum atomic E-state index is 14.5. The minimum absolute atomic E-state index is 0.0689. The lowest BCUT2D eigenvalue weighted by molar-refractivity contribution is -0.192. The fourth-order valence-corrected chi connectivity index (χ4v) is 5.18. The van der Waals surface area contributed by atoms with Gasteiger partial charge in [-0.05, 0) is 42.0 Å². The Bertz CT molecular complexity index is 1470. The molecule has 0 bridgehead atoms. The van der Waals surface area contributed by atoms with E-state index in [-0.39, 0.29) is 43.9 Å². The Hall–Kier alpha value is -5.23. The molecule has 0 fully saturated rings. The van der Waals surface area contributed by atoms with Crippen molar-refractivity contribution in [1.82, 2.24) is 5.32 Å². The number of guanidine groups is 1. The van der Waals surface area contributed by atoms with Gasteiger partial charge in [0.1, 0.15) is 24.7 Å². The number of hydrogen-bond acceptors (Lipinski definition) is 9. The van der Waals surface area contributed by atoms with Crippen LogP contribution in [0.3, 0.4) is 0 Å². The van der Waals surface area contributed by atoms with Crippen LogP contribution in [0.2, 0.25) is 0 Å². The van der Waals surface area contributed by atoms with Crippen LogP contribution in [0, 0.1) is 12.3 Å². The number of rotatable bonds is 15. The quantitative estimate of drug-likeness (QED) is 0.0557. The molecule has 1 atom stereocenters. The standard InChI is InChI=1S/C28H31N4O7P.C2HF3O2/c1-2-17-35-18-19-36-20-21-37-28(33)32-26(22-13-15-23(16-14-22)31-27(29)30)40(34,38-24-9-5-3-6-10-24)39-25-11-7-4-8-12-25;3-2(4,5)1(6)7/h1,3-16,26H,17-21H2,(H,32,33)(H4,29,30,31);(H,6,7). The van der Waals surface area contributed by atoms with Crippen molar-refractivity contribution in [3.63, 3.8) is 0 Å². The van der Waals surface area contributed by atoms with Gasteiger partial charge >= 0.3 is 25.8 Å². The number of amides is 1. The van der Waals surface area contributed by atoms with Gasteiger partial charge in [0.05, 0.1) is 25.5 Å². The molecule has 0 radical (unpaired) electrons. The third-order valence-electron chi connectivity index (χ3n) is 5.25. The summed E-state index contributed by atoms with van der Waals surface area (Å²) in [6.45, 7) is 0.824. The Balaban J connectivity index is 0.000000984. The zero-order valence-electron chi connectivity index (χ0n) is 24.7. The van der Waals surface area contributed by atoms with Crippen LogP contribution in [-0.2, 0) is 23.6 Å². The Morgan fingerprint density at radius 2 is 1.36 bits per heavy atom. The maximum absolute atomic E-state index is 14.5. The van der Waals surface area contributed by atoms with E-state index in [2.05, 4.69) is 16.2 Å². The number of carboxylic acids is 1. The summed E-state index contributed by atoms with van der Waals surface area (Å²) in [5, 5.41) is 9.76. The van der Waals surface area contributed by atoms with Gasteiger partial charge in [0.15, 0.2) is 11.7 Å². The van der Waals surface area contributed by atoms with E-state index in [1.807, 2.05) is 0 Å². The van der Waals surface area contributed by atoms with E-state index in [0.717, 1.165) is 0 Å². The van der Waals surface area contributed by atoms with Crippen molar-refractivity contribution in [2.24, 2.45) is 16.5 Å². The van der Waals surface area contributed by atoms with E-state index < -0.39 is 31.6 Å². The van der Waals surface area contributed by atoms with Gasteiger partial charge in [0.25, 0.3) is 0 Å². The number of nitrogens with one attached hydrogen (secondary N) is 1. The minimum atomic E-state index is -5.08. The summed E-state index contributed by atoms with van der Waals surface area (Å²) >= 11 is 0. The molecule has 3 rings (SSSR count). The number of aliphatic imine (C=N–C) groups is 1. The highest BCUT2D eigenvalue weighted by molar-refractivity contribution is 7.55. The first kappa shape index (κ1) is 38.0. The van der Waals surface area contributed by atoms with Crippen molar-refractivity contribution < 1.29 is 55.7 Å². The number of hydrogen-bond donors (Lipinski definition) is 4. The molecule has 0 saturated carbocycles. The van der Waals surface area contributed by atoms with Crippen LogP contribution in [0.4, 0.5) is 23.7 Å². The lowest BCUT2D eigenvalue weighted by Crippen LogP contribution is -2.32. The number of alkyl halides is 3. The van der Waals surface area contributed by atoms with Crippen LogP contribution >= 0.6 is 7.60 Å². The number of ether oxygens (including phenoxy) is 3. The van der Waals surface area contributed by atoms with Crippen LogP contribution in [0.25, 0.3) is 0 Å². The SMILES string of the molecule is C#CCOCCOCCOC(=O)NC(c1ccc(N=C(N)N)cc1)P(=O)(Oc1ccccc1)Oc1ccccc1.O=C(O)C(F)(F)F. The number of para-hydroxylation sites is 2. The van der Waals surface area contributed by atoms with Crippen LogP contribution < -0.4 is 25.8 Å². The molecular formula is C30H32F3N4O9P. The highest BCUT2D eigenvalue weighted by Gasteiger charge is 2.42. The van der Waals surface area contributed by atoms with Gasteiger partial charge in [0, 0.05) is 0 Å². The van der Waals surface area contributed by atoms with Crippen LogP contribution in [-0.4, -0.2) is 62.3 Å². The third kappa shape index (κ3) is 14.6. The van der Waals surface area contributed by atoms with Crippen molar-refractivity contribution >= 4 is 31.3 Å². The van der Waals surface area contributed by atoms with Crippen molar-refractivity contribution in [3.8, 4) is 23.8 Å². The van der Waals surface area contributed by atoms with Crippen LogP contribution in [0.5, 0.6) is 11.5 Å². The number of alkyl carbamates (subject to hydrolysis) is 1. The molecule has 1 amide bonds. The van der Waals surface area contributed by atoms with E-state index in [9.17, 15) is 22.5 Å². The molecule has 3 aromatic rings. The van der Waals surface area contributed by atoms with Gasteiger partial charge in [0.2, 0.25) is 0 Å². The number of nitrogens with two attached hydrogens (primary N) is 2. The predicted molar refractivity (Wildman–Crippen MR) is 165 cm³/mol. The first-order chi connectivity index (χ1) is 22.3. The molecule has 0 aliphatic heterocycles. The highest BCUT2D eigenvalue weighted by atomic mass is 31.2. The summed E-state index contributed by atoms with van der Waals surface area (Å²) in [7, 11) is -4.21. The Kier molecular flexibility index (Phi) is 15.6. The molecule has 3 aromatic carbocycles. The molecule has 13 nitrogen and oxygen atoms in total. The number of nitrogens with zero attached hydrogens (tertiary/aromatic N) is 1. The largest absolute Gasteiger partial charge is 0.490 e. The fraction of sp³-hybridized carbons (Fsp3) is 0.233. The van der Waals surface area contributed by atoms with Gasteiger partial charge in [-0.2, -0.15) is 13.2 Å². The predicted octanol–water partition coefficient (Wildman–Crippen LogP) is 4.97. The Morgan fingerprint density at radius 1 is 0.872 bits per heavy atom. The van der Waals surface area contributed by atoms with Gasteiger partial charge in [-0.15, -0.1) is 6.42 Å². The first-order valence-corrected chi connectivity index (χ1v) is 15.1. The summed E-state index contributed by atoms with van der Waals surface area (Å²) < 4.78 is 73.9. The second-order valence-corrected chi connectivity index (χ2v) is 10.8. The number of halogens is 3. The van der Waals surface area contributed by atoms with Crippen molar-refractivity contribution in [3.05, 3.63) is 90.5 Å². The number of terminal acetylenes is 1. The summed E-state index contributed by atoms with van der Waals surface area (Å²) in [6.07, 6.45) is -0.830. The van der Waals surface area contributed by atoms with Gasteiger partial charge in [-0.25, -0.2) is 19.1 Å². The maximum Gasteiger partial charge on any atom is 0.490 e. The zero-order valence-corrected chi connectivity index (χ0v) is 25.6.